The molecular weight excluding hydrogens is 279 g/mol. The Hall–Kier alpha value is -1.82. The number of nitrogens with zero attached hydrogens (tertiary/aromatic N) is 1. The molecule has 0 bridgehead atoms. The first-order valence-electron chi connectivity index (χ1n) is 6.82. The van der Waals surface area contributed by atoms with Crippen LogP contribution in [0.5, 0.6) is 0 Å². The summed E-state index contributed by atoms with van der Waals surface area (Å²) in [6, 6.07) is 4.97. The van der Waals surface area contributed by atoms with Crippen LogP contribution in [0.4, 0.5) is 13.2 Å². The van der Waals surface area contributed by atoms with E-state index >= 15 is 0 Å². The van der Waals surface area contributed by atoms with Crippen molar-refractivity contribution >= 4 is 0 Å². The van der Waals surface area contributed by atoms with Gasteiger partial charge in [-0.15, -0.1) is 0 Å². The van der Waals surface area contributed by atoms with E-state index in [9.17, 15) is 13.2 Å². The molecule has 0 aliphatic heterocycles. The highest BCUT2D eigenvalue weighted by Gasteiger charge is 2.30. The van der Waals surface area contributed by atoms with Crippen LogP contribution >= 0.6 is 0 Å². The number of hydrogen-bond acceptors (Lipinski definition) is 2. The number of benzene rings is 1. The van der Waals surface area contributed by atoms with E-state index in [2.05, 4.69) is 9.97 Å². The van der Waals surface area contributed by atoms with Crippen LogP contribution in [0.1, 0.15) is 38.1 Å². The molecule has 2 aromatic rings. The summed E-state index contributed by atoms with van der Waals surface area (Å²) in [5, 5.41) is 0. The molecule has 0 radical (unpaired) electrons. The van der Waals surface area contributed by atoms with Gasteiger partial charge in [-0.1, -0.05) is 26.0 Å². The zero-order valence-corrected chi connectivity index (χ0v) is 12.0. The Labute approximate surface area is 121 Å². The molecule has 0 saturated heterocycles. The first-order valence-corrected chi connectivity index (χ1v) is 6.82. The number of aromatic amines is 1. The molecule has 3 N–H and O–H groups in total. The van der Waals surface area contributed by atoms with E-state index in [-0.39, 0.29) is 0 Å². The van der Waals surface area contributed by atoms with Crippen LogP contribution in [-0.4, -0.2) is 9.97 Å². The summed E-state index contributed by atoms with van der Waals surface area (Å²) in [4.78, 5) is 7.39. The van der Waals surface area contributed by atoms with Gasteiger partial charge in [-0.05, 0) is 30.5 Å². The average Bonchev–Trinajstić information content (AvgIpc) is 2.96. The molecule has 2 rings (SSSR count). The fourth-order valence-electron chi connectivity index (χ4n) is 2.14. The maximum atomic E-state index is 12.5. The van der Waals surface area contributed by atoms with Gasteiger partial charge in [0.2, 0.25) is 0 Å². The third kappa shape index (κ3) is 3.10. The predicted molar refractivity (Wildman–Crippen MR) is 75.5 cm³/mol. The van der Waals surface area contributed by atoms with Crippen molar-refractivity contribution < 1.29 is 13.2 Å². The molecule has 6 heteroatoms. The van der Waals surface area contributed by atoms with Crippen molar-refractivity contribution in [3.8, 4) is 11.3 Å². The van der Waals surface area contributed by atoms with Crippen molar-refractivity contribution in [3.63, 3.8) is 0 Å². The van der Waals surface area contributed by atoms with Gasteiger partial charge in [0.1, 0.15) is 5.82 Å². The lowest BCUT2D eigenvalue weighted by Gasteiger charge is -2.23. The fraction of sp³-hybridized carbons (Fsp3) is 0.400. The Morgan fingerprint density at radius 2 is 1.67 bits per heavy atom. The topological polar surface area (TPSA) is 54.7 Å². The van der Waals surface area contributed by atoms with Crippen LogP contribution in [-0.2, 0) is 11.7 Å². The molecule has 0 aliphatic carbocycles. The number of hydrogen-bond donors (Lipinski definition) is 2. The molecular formula is C15H18F3N3. The Morgan fingerprint density at radius 1 is 1.10 bits per heavy atom. The SMILES string of the molecule is CCC(N)(CC)c1ncc(-c2ccc(C(F)(F)F)cc2)[nH]1. The number of alkyl halides is 3. The fourth-order valence-corrected chi connectivity index (χ4v) is 2.14. The largest absolute Gasteiger partial charge is 0.416 e. The van der Waals surface area contributed by atoms with Gasteiger partial charge < -0.3 is 10.7 Å². The van der Waals surface area contributed by atoms with Gasteiger partial charge in [0, 0.05) is 0 Å². The van der Waals surface area contributed by atoms with Crippen molar-refractivity contribution in [2.45, 2.75) is 38.4 Å². The maximum absolute atomic E-state index is 12.5. The summed E-state index contributed by atoms with van der Waals surface area (Å²) in [7, 11) is 0. The van der Waals surface area contributed by atoms with Crippen LogP contribution in [0.2, 0.25) is 0 Å². The Balaban J connectivity index is 2.30. The van der Waals surface area contributed by atoms with Crippen LogP contribution in [0, 0.1) is 0 Å². The Morgan fingerprint density at radius 3 is 2.14 bits per heavy atom. The van der Waals surface area contributed by atoms with E-state index in [1.54, 1.807) is 6.20 Å². The number of nitrogens with one attached hydrogen (secondary N) is 1. The molecule has 3 nitrogen and oxygen atoms in total. The summed E-state index contributed by atoms with van der Waals surface area (Å²) in [5.41, 5.74) is 6.36. The normalized spacial score (nSPS) is 12.7. The Kier molecular flexibility index (Phi) is 4.09. The zero-order valence-electron chi connectivity index (χ0n) is 12.0. The van der Waals surface area contributed by atoms with E-state index in [0.717, 1.165) is 25.0 Å². The van der Waals surface area contributed by atoms with E-state index < -0.39 is 17.3 Å². The molecule has 0 unspecified atom stereocenters. The molecule has 0 spiro atoms. The molecule has 0 atom stereocenters. The molecule has 0 saturated carbocycles. The lowest BCUT2D eigenvalue weighted by Crippen LogP contribution is -2.36. The number of halogens is 3. The van der Waals surface area contributed by atoms with Crippen molar-refractivity contribution in [2.75, 3.05) is 0 Å². The molecule has 114 valence electrons. The van der Waals surface area contributed by atoms with Crippen molar-refractivity contribution in [1.82, 2.24) is 9.97 Å². The maximum Gasteiger partial charge on any atom is 0.416 e. The lowest BCUT2D eigenvalue weighted by atomic mass is 9.93. The second kappa shape index (κ2) is 5.52. The quantitative estimate of drug-likeness (QED) is 0.893. The summed E-state index contributed by atoms with van der Waals surface area (Å²) in [5.74, 6) is 0.655. The summed E-state index contributed by atoms with van der Waals surface area (Å²) >= 11 is 0. The van der Waals surface area contributed by atoms with Crippen molar-refractivity contribution in [3.05, 3.63) is 41.9 Å². The second-order valence-electron chi connectivity index (χ2n) is 5.08. The van der Waals surface area contributed by atoms with Gasteiger partial charge >= 0.3 is 6.18 Å². The second-order valence-corrected chi connectivity index (χ2v) is 5.08. The first-order chi connectivity index (χ1) is 9.80. The molecule has 1 aromatic carbocycles. The third-order valence-electron chi connectivity index (χ3n) is 3.83. The Bertz CT molecular complexity index is 595. The lowest BCUT2D eigenvalue weighted by molar-refractivity contribution is -0.137. The van der Waals surface area contributed by atoms with Crippen molar-refractivity contribution in [1.29, 1.82) is 0 Å². The zero-order chi connectivity index (χ0) is 15.7. The molecule has 0 amide bonds. The third-order valence-corrected chi connectivity index (χ3v) is 3.83. The predicted octanol–water partition coefficient (Wildman–Crippen LogP) is 4.07. The van der Waals surface area contributed by atoms with Crippen molar-refractivity contribution in [2.24, 2.45) is 5.73 Å². The minimum Gasteiger partial charge on any atom is -0.340 e. The monoisotopic (exact) mass is 297 g/mol. The van der Waals surface area contributed by atoms with Crippen LogP contribution < -0.4 is 5.73 Å². The summed E-state index contributed by atoms with van der Waals surface area (Å²) < 4.78 is 37.6. The van der Waals surface area contributed by atoms with Crippen LogP contribution in [0.3, 0.4) is 0 Å². The number of rotatable bonds is 4. The highest BCUT2D eigenvalue weighted by atomic mass is 19.4. The summed E-state index contributed by atoms with van der Waals surface area (Å²) in [6.45, 7) is 3.95. The van der Waals surface area contributed by atoms with E-state index in [4.69, 9.17) is 5.73 Å². The molecule has 0 aliphatic rings. The van der Waals surface area contributed by atoms with Gasteiger partial charge in [0.05, 0.1) is 23.0 Å². The summed E-state index contributed by atoms with van der Waals surface area (Å²) in [6.07, 6.45) is -1.27. The van der Waals surface area contributed by atoms with Gasteiger partial charge in [-0.2, -0.15) is 13.2 Å². The minimum atomic E-state index is -4.32. The highest BCUT2D eigenvalue weighted by Crippen LogP contribution is 2.31. The van der Waals surface area contributed by atoms with Crippen LogP contribution in [0.25, 0.3) is 11.3 Å². The van der Waals surface area contributed by atoms with Gasteiger partial charge in [-0.3, -0.25) is 0 Å². The number of aromatic nitrogens is 2. The van der Waals surface area contributed by atoms with E-state index in [1.807, 2.05) is 13.8 Å². The van der Waals surface area contributed by atoms with Gasteiger partial charge in [0.15, 0.2) is 0 Å². The number of imidazole rings is 1. The first kappa shape index (κ1) is 15.6. The number of H-pyrrole nitrogens is 1. The van der Waals surface area contributed by atoms with E-state index in [1.165, 1.54) is 12.1 Å². The van der Waals surface area contributed by atoms with E-state index in [0.29, 0.717) is 17.1 Å². The molecule has 1 aromatic heterocycles. The van der Waals surface area contributed by atoms with Gasteiger partial charge in [0.25, 0.3) is 0 Å². The molecule has 21 heavy (non-hydrogen) atoms. The van der Waals surface area contributed by atoms with Crippen LogP contribution in [0.15, 0.2) is 30.5 Å². The van der Waals surface area contributed by atoms with Gasteiger partial charge in [-0.25, -0.2) is 4.98 Å². The minimum absolute atomic E-state index is 0.538. The highest BCUT2D eigenvalue weighted by molar-refractivity contribution is 5.59. The molecule has 0 fully saturated rings. The average molecular weight is 297 g/mol. The standard InChI is InChI=1S/C15H18F3N3/c1-3-14(19,4-2)13-20-9-12(21-13)10-5-7-11(8-6-10)15(16,17)18/h5-9H,3-4,19H2,1-2H3,(H,20,21). The smallest absolute Gasteiger partial charge is 0.340 e. The number of nitrogens with two attached hydrogens (primary N) is 1. The molecule has 1 heterocycles.